The monoisotopic (exact) mass is 1080 g/mol. The molecule has 4 aromatic heterocycles. The molecule has 4 saturated carbocycles. The number of ether oxygens (including phenoxy) is 2. The number of unbranched alkanes of at least 4 members (excludes halogenated alkanes) is 1. The number of carboxylic acid groups (broad SMARTS) is 1. The molecule has 2 aromatic carbocycles. The molecule has 4 aliphatic carbocycles. The largest absolute Gasteiger partial charge is 0.476 e. The average molecular weight is 1080 g/mol. The minimum atomic E-state index is -1.15. The number of hydrogen-bond acceptors (Lipinski definition) is 14. The fraction of sp³-hybridized carbons (Fsp3) is 0.439. The number of aryl methyl sites for hydroxylation is 1. The first-order valence-corrected chi connectivity index (χ1v) is 27.3. The number of thiazole rings is 1. The summed E-state index contributed by atoms with van der Waals surface area (Å²) in [5.74, 6) is -2.37. The maximum atomic E-state index is 13.5. The van der Waals surface area contributed by atoms with Crippen molar-refractivity contribution < 1.29 is 43.3 Å². The summed E-state index contributed by atoms with van der Waals surface area (Å²) >= 11 is 1.39. The van der Waals surface area contributed by atoms with E-state index in [9.17, 15) is 33.9 Å². The van der Waals surface area contributed by atoms with Gasteiger partial charge in [0.1, 0.15) is 19.0 Å². The van der Waals surface area contributed by atoms with E-state index in [4.69, 9.17) is 19.6 Å². The van der Waals surface area contributed by atoms with Crippen molar-refractivity contribution >= 4 is 68.2 Å². The number of hydrogen-bond donors (Lipinski definition) is 4. The number of alkyl carbamates (subject to hydrolysis) is 1. The molecule has 6 aromatic rings. The van der Waals surface area contributed by atoms with Crippen LogP contribution in [0, 0.1) is 29.2 Å². The fourth-order valence-electron chi connectivity index (χ4n) is 13.9. The first-order chi connectivity index (χ1) is 37.4. The molecule has 4 bridgehead atoms. The van der Waals surface area contributed by atoms with E-state index in [0.717, 1.165) is 102 Å². The van der Waals surface area contributed by atoms with Crippen LogP contribution >= 0.6 is 11.3 Å². The second-order valence-corrected chi connectivity index (χ2v) is 23.6. The number of pyridine rings is 1. The molecule has 0 saturated heterocycles. The molecule has 2 unspecified atom stereocenters. The summed E-state index contributed by atoms with van der Waals surface area (Å²) in [7, 11) is 0. The number of para-hydroxylation sites is 1. The molecule has 21 heteroatoms. The summed E-state index contributed by atoms with van der Waals surface area (Å²) in [4.78, 5) is 91.4. The van der Waals surface area contributed by atoms with E-state index in [-0.39, 0.29) is 58.2 Å². The van der Waals surface area contributed by atoms with Gasteiger partial charge in [0, 0.05) is 61.7 Å². The third-order valence-corrected chi connectivity index (χ3v) is 17.0. The molecule has 405 valence electrons. The SMILES string of the molecule is Cc1c(-c2ccc(N3CCn4cnc(C(=O)Nc5nc6ccccc6s5)c4C3)nc2C(=O)O)cnn1CC12CC3(C)CC(C)(C1)CC(OCCNC(=O)OCc1[c]cc(CCCCNC(=O)CN4C(=O)C=CC4=O)cc1)(C3)C2. The lowest BCUT2D eigenvalue weighted by atomic mass is 9.39. The van der Waals surface area contributed by atoms with Crippen LogP contribution < -0.4 is 20.9 Å². The number of aromatic carboxylic acids is 1. The number of nitrogens with one attached hydrogen (secondary N) is 3. The number of fused-ring (bicyclic) bond motifs is 2. The van der Waals surface area contributed by atoms with Gasteiger partial charge in [-0.25, -0.2) is 24.5 Å². The molecular formula is C57H62N11O9S. The van der Waals surface area contributed by atoms with Gasteiger partial charge in [-0.1, -0.05) is 55.5 Å². The number of rotatable bonds is 20. The van der Waals surface area contributed by atoms with Crippen molar-refractivity contribution in [2.45, 2.75) is 110 Å². The van der Waals surface area contributed by atoms with Crippen LogP contribution in [0.1, 0.15) is 109 Å². The van der Waals surface area contributed by atoms with Crippen molar-refractivity contribution in [2.75, 3.05) is 43.0 Å². The molecule has 6 aliphatic rings. The van der Waals surface area contributed by atoms with Crippen LogP contribution in [0.15, 0.2) is 79.3 Å². The summed E-state index contributed by atoms with van der Waals surface area (Å²) in [6.07, 6.45) is 13.4. The highest BCUT2D eigenvalue weighted by molar-refractivity contribution is 7.22. The van der Waals surface area contributed by atoms with E-state index in [1.807, 2.05) is 75.7 Å². The smallest absolute Gasteiger partial charge is 0.407 e. The standard InChI is InChI=1S/C57H62N11O9S/c1-36-40(39-15-16-44(63-48(39)51(73)74)65-21-22-66-35-60-49(42(66)25-65)50(72)64-52-62-41-9-4-5-10-43(41)78-52)24-61-68(36)34-56-29-54(2)28-55(3,30-56)32-57(31-54,33-56)77-23-20-59-53(75)76-27-38-13-11-37(12-14-38)8-6-7-19-58-45(69)26-67-46(70)17-18-47(67)71/h4-5,9-13,15-18,24,35H,6-8,19-23,25-34H2,1-3H3,(H,58,69)(H,59,75)(H,73,74)(H,62,64,72). The number of imide groups is 1. The first kappa shape index (κ1) is 52.3. The van der Waals surface area contributed by atoms with Gasteiger partial charge in [-0.2, -0.15) is 5.10 Å². The summed E-state index contributed by atoms with van der Waals surface area (Å²) in [6, 6.07) is 20.3. The second kappa shape index (κ2) is 20.9. The Balaban J connectivity index is 0.669. The summed E-state index contributed by atoms with van der Waals surface area (Å²) < 4.78 is 17.3. The van der Waals surface area contributed by atoms with Crippen LogP contribution in [0.4, 0.5) is 15.7 Å². The second-order valence-electron chi connectivity index (χ2n) is 22.6. The zero-order chi connectivity index (χ0) is 54.4. The minimum Gasteiger partial charge on any atom is -0.476 e. The Kier molecular flexibility index (Phi) is 14.0. The van der Waals surface area contributed by atoms with Crippen LogP contribution in [0.2, 0.25) is 0 Å². The van der Waals surface area contributed by atoms with E-state index in [1.165, 1.54) is 11.3 Å². The van der Waals surface area contributed by atoms with Gasteiger partial charge in [-0.3, -0.25) is 34.1 Å². The zero-order valence-corrected chi connectivity index (χ0v) is 44.7. The van der Waals surface area contributed by atoms with Crippen LogP contribution in [0.25, 0.3) is 21.3 Å². The van der Waals surface area contributed by atoms with Crippen molar-refractivity contribution in [2.24, 2.45) is 16.2 Å². The maximum Gasteiger partial charge on any atom is 0.407 e. The normalized spacial score (nSPS) is 23.0. The van der Waals surface area contributed by atoms with E-state index in [2.05, 4.69) is 45.8 Å². The van der Waals surface area contributed by atoms with Gasteiger partial charge in [0.2, 0.25) is 5.91 Å². The molecule has 0 spiro atoms. The molecule has 5 amide bonds. The predicted octanol–water partition coefficient (Wildman–Crippen LogP) is 7.26. The van der Waals surface area contributed by atoms with Crippen molar-refractivity contribution in [3.63, 3.8) is 0 Å². The molecule has 4 N–H and O–H groups in total. The van der Waals surface area contributed by atoms with Crippen LogP contribution in [0.5, 0.6) is 0 Å². The van der Waals surface area contributed by atoms with Gasteiger partial charge in [-0.05, 0) is 122 Å². The van der Waals surface area contributed by atoms with Crippen molar-refractivity contribution in [3.8, 4) is 11.1 Å². The Morgan fingerprint density at radius 1 is 0.859 bits per heavy atom. The van der Waals surface area contributed by atoms with Crippen molar-refractivity contribution in [1.29, 1.82) is 0 Å². The van der Waals surface area contributed by atoms with Crippen LogP contribution in [-0.2, 0) is 56.5 Å². The number of aromatic nitrogens is 6. The lowest BCUT2D eigenvalue weighted by Crippen LogP contribution is -2.64. The number of nitrogens with zero attached hydrogens (tertiary/aromatic N) is 8. The van der Waals surface area contributed by atoms with Gasteiger partial charge in [-0.15, -0.1) is 0 Å². The Hall–Kier alpha value is -7.78. The molecule has 78 heavy (non-hydrogen) atoms. The third kappa shape index (κ3) is 10.9. The fourth-order valence-corrected chi connectivity index (χ4v) is 14.7. The van der Waals surface area contributed by atoms with E-state index >= 15 is 0 Å². The highest BCUT2D eigenvalue weighted by Crippen LogP contribution is 2.72. The maximum absolute atomic E-state index is 13.5. The highest BCUT2D eigenvalue weighted by atomic mass is 32.1. The number of carbonyl (C=O) groups excluding carboxylic acids is 5. The lowest BCUT2D eigenvalue weighted by molar-refractivity contribution is -0.247. The molecule has 2 aliphatic heterocycles. The third-order valence-electron chi connectivity index (χ3n) is 16.1. The Morgan fingerprint density at radius 2 is 1.65 bits per heavy atom. The molecule has 2 atom stereocenters. The molecule has 12 rings (SSSR count). The number of benzene rings is 2. The van der Waals surface area contributed by atoms with Crippen LogP contribution in [-0.4, -0.2) is 113 Å². The predicted molar refractivity (Wildman–Crippen MR) is 288 cm³/mol. The topological polar surface area (TPSA) is 245 Å². The number of carboxylic acids is 1. The number of anilines is 2. The Labute approximate surface area is 454 Å². The number of carbonyl (C=O) groups is 6. The molecule has 1 radical (unpaired) electrons. The Morgan fingerprint density at radius 3 is 2.41 bits per heavy atom. The first-order valence-electron chi connectivity index (χ1n) is 26.5. The molecule has 6 heterocycles. The van der Waals surface area contributed by atoms with Gasteiger partial charge in [0.25, 0.3) is 17.7 Å². The van der Waals surface area contributed by atoms with Gasteiger partial charge in [0.05, 0.1) is 47.2 Å². The number of imidazole rings is 1. The van der Waals surface area contributed by atoms with Crippen molar-refractivity contribution in [1.82, 2.24) is 44.8 Å². The summed E-state index contributed by atoms with van der Waals surface area (Å²) in [5.41, 5.74) is 5.21. The molecule has 20 nitrogen and oxygen atoms in total. The lowest BCUT2D eigenvalue weighted by Gasteiger charge is -2.69. The van der Waals surface area contributed by atoms with E-state index in [1.54, 1.807) is 12.5 Å². The highest BCUT2D eigenvalue weighted by Gasteiger charge is 2.66. The summed E-state index contributed by atoms with van der Waals surface area (Å²) in [6.45, 7) is 9.65. The van der Waals surface area contributed by atoms with Gasteiger partial charge in [0.15, 0.2) is 16.5 Å². The molecular weight excluding hydrogens is 1010 g/mol. The van der Waals surface area contributed by atoms with E-state index < -0.39 is 23.9 Å². The average Bonchev–Trinajstić information content (AvgIpc) is 2.68. The van der Waals surface area contributed by atoms with Gasteiger partial charge >= 0.3 is 12.1 Å². The Bertz CT molecular complexity index is 3310. The van der Waals surface area contributed by atoms with Gasteiger partial charge < -0.3 is 34.7 Å². The van der Waals surface area contributed by atoms with Crippen molar-refractivity contribution in [3.05, 3.63) is 119 Å². The van der Waals surface area contributed by atoms with E-state index in [0.29, 0.717) is 73.6 Å². The summed E-state index contributed by atoms with van der Waals surface area (Å²) in [5, 5.41) is 24.5. The molecule has 4 fully saturated rings. The zero-order valence-electron chi connectivity index (χ0n) is 43.9. The van der Waals surface area contributed by atoms with Crippen LogP contribution in [0.3, 0.4) is 0 Å². The number of amides is 5. The minimum absolute atomic E-state index is 0.0606. The quantitative estimate of drug-likeness (QED) is 0.0435.